The molecular formula is C18H18N6O. The molecule has 1 saturated heterocycles. The largest absolute Gasteiger partial charge is 0.377 e. The van der Waals surface area contributed by atoms with Crippen LogP contribution in [0.2, 0.25) is 0 Å². The molecule has 0 aromatic carbocycles. The maximum Gasteiger partial charge on any atom is 0.180 e. The number of anilines is 1. The minimum atomic E-state index is 0.302. The number of ether oxygens (including phenoxy) is 1. The van der Waals surface area contributed by atoms with Crippen molar-refractivity contribution in [3.8, 4) is 11.3 Å². The Hall–Kier alpha value is -2.93. The second-order valence-electron chi connectivity index (χ2n) is 6.37. The molecule has 1 aliphatic rings. The third-order valence-electron chi connectivity index (χ3n) is 4.80. The molecule has 0 radical (unpaired) electrons. The average Bonchev–Trinajstić information content (AvgIpc) is 3.30. The van der Waals surface area contributed by atoms with E-state index in [1.165, 1.54) is 0 Å². The number of rotatable bonds is 2. The van der Waals surface area contributed by atoms with E-state index >= 15 is 0 Å². The molecule has 0 amide bonds. The van der Waals surface area contributed by atoms with Gasteiger partial charge >= 0.3 is 0 Å². The van der Waals surface area contributed by atoms with Gasteiger partial charge in [0.25, 0.3) is 0 Å². The number of hydrogen-bond donors (Lipinski definition) is 2. The SMILES string of the molecule is C[C@@H]1COCCN1c1cc(-c2cncc3[nH]ccc23)nc2nc[nH]c12. The Morgan fingerprint density at radius 1 is 1.28 bits per heavy atom. The van der Waals surface area contributed by atoms with Gasteiger partial charge in [0.1, 0.15) is 5.52 Å². The van der Waals surface area contributed by atoms with Crippen LogP contribution in [0.3, 0.4) is 0 Å². The number of nitrogens with zero attached hydrogens (tertiary/aromatic N) is 4. The number of hydrogen-bond acceptors (Lipinski definition) is 5. The van der Waals surface area contributed by atoms with Gasteiger partial charge in [-0.25, -0.2) is 9.97 Å². The monoisotopic (exact) mass is 334 g/mol. The smallest absolute Gasteiger partial charge is 0.180 e. The molecule has 25 heavy (non-hydrogen) atoms. The Bertz CT molecular complexity index is 1050. The fourth-order valence-corrected chi connectivity index (χ4v) is 3.54. The maximum atomic E-state index is 5.59. The molecule has 7 heteroatoms. The predicted octanol–water partition coefficient (Wildman–Crippen LogP) is 2.73. The van der Waals surface area contributed by atoms with Gasteiger partial charge in [-0.3, -0.25) is 4.98 Å². The van der Waals surface area contributed by atoms with Gasteiger partial charge in [0.15, 0.2) is 5.65 Å². The zero-order valence-corrected chi connectivity index (χ0v) is 13.9. The summed E-state index contributed by atoms with van der Waals surface area (Å²) in [6, 6.07) is 4.49. The number of nitrogens with one attached hydrogen (secondary N) is 2. The normalized spacial score (nSPS) is 18.3. The zero-order chi connectivity index (χ0) is 16.8. The van der Waals surface area contributed by atoms with Gasteiger partial charge in [0.2, 0.25) is 0 Å². The topological polar surface area (TPSA) is 82.7 Å². The molecule has 5 rings (SSSR count). The van der Waals surface area contributed by atoms with E-state index in [0.29, 0.717) is 6.04 Å². The van der Waals surface area contributed by atoms with Crippen molar-refractivity contribution < 1.29 is 4.74 Å². The molecule has 2 N–H and O–H groups in total. The van der Waals surface area contributed by atoms with Gasteiger partial charge < -0.3 is 19.6 Å². The van der Waals surface area contributed by atoms with E-state index in [-0.39, 0.29) is 0 Å². The Kier molecular flexibility index (Phi) is 3.21. The lowest BCUT2D eigenvalue weighted by Crippen LogP contribution is -2.43. The summed E-state index contributed by atoms with van der Waals surface area (Å²) in [5.41, 5.74) is 5.69. The van der Waals surface area contributed by atoms with Crippen molar-refractivity contribution in [1.29, 1.82) is 0 Å². The number of pyridine rings is 2. The minimum absolute atomic E-state index is 0.302. The molecular weight excluding hydrogens is 316 g/mol. The first-order valence-electron chi connectivity index (χ1n) is 8.41. The summed E-state index contributed by atoms with van der Waals surface area (Å²) < 4.78 is 5.59. The fraction of sp³-hybridized carbons (Fsp3) is 0.278. The molecule has 126 valence electrons. The number of morpholine rings is 1. The number of aromatic nitrogens is 5. The van der Waals surface area contributed by atoms with Crippen LogP contribution in [0.15, 0.2) is 37.1 Å². The van der Waals surface area contributed by atoms with Crippen LogP contribution >= 0.6 is 0 Å². The van der Waals surface area contributed by atoms with E-state index in [2.05, 4.69) is 43.9 Å². The molecule has 0 spiro atoms. The number of imidazole rings is 1. The second kappa shape index (κ2) is 5.56. The van der Waals surface area contributed by atoms with Crippen LogP contribution in [-0.4, -0.2) is 50.7 Å². The highest BCUT2D eigenvalue weighted by molar-refractivity contribution is 5.96. The first-order valence-corrected chi connectivity index (χ1v) is 8.41. The van der Waals surface area contributed by atoms with Crippen molar-refractivity contribution in [2.75, 3.05) is 24.7 Å². The van der Waals surface area contributed by atoms with Gasteiger partial charge in [-0.2, -0.15) is 0 Å². The van der Waals surface area contributed by atoms with Crippen molar-refractivity contribution in [3.63, 3.8) is 0 Å². The standard InChI is InChI=1S/C18H18N6O/c1-11-9-25-5-4-24(11)16-6-14(23-18-17(16)21-10-22-18)13-7-19-8-15-12(13)2-3-20-15/h2-3,6-8,10-11,20H,4-5,9H2,1H3,(H,21,22,23)/t11-/m1/s1. The summed E-state index contributed by atoms with van der Waals surface area (Å²) in [4.78, 5) is 22.3. The highest BCUT2D eigenvalue weighted by Crippen LogP contribution is 2.33. The van der Waals surface area contributed by atoms with E-state index in [4.69, 9.17) is 9.72 Å². The molecule has 0 aliphatic carbocycles. The van der Waals surface area contributed by atoms with Gasteiger partial charge in [-0.05, 0) is 19.1 Å². The van der Waals surface area contributed by atoms with E-state index < -0.39 is 0 Å². The molecule has 1 atom stereocenters. The molecule has 1 aliphatic heterocycles. The number of aromatic amines is 2. The third-order valence-corrected chi connectivity index (χ3v) is 4.80. The molecule has 7 nitrogen and oxygen atoms in total. The van der Waals surface area contributed by atoms with Crippen molar-refractivity contribution in [2.24, 2.45) is 0 Å². The highest BCUT2D eigenvalue weighted by Gasteiger charge is 2.23. The second-order valence-corrected chi connectivity index (χ2v) is 6.37. The number of H-pyrrole nitrogens is 2. The highest BCUT2D eigenvalue weighted by atomic mass is 16.5. The molecule has 0 bridgehead atoms. The zero-order valence-electron chi connectivity index (χ0n) is 13.9. The van der Waals surface area contributed by atoms with Gasteiger partial charge in [0.05, 0.1) is 42.6 Å². The molecule has 0 unspecified atom stereocenters. The molecule has 4 aromatic rings. The summed E-state index contributed by atoms with van der Waals surface area (Å²) in [5.74, 6) is 0. The summed E-state index contributed by atoms with van der Waals surface area (Å²) in [5, 5.41) is 1.11. The van der Waals surface area contributed by atoms with Crippen LogP contribution in [0.25, 0.3) is 33.3 Å². The van der Waals surface area contributed by atoms with Crippen molar-refractivity contribution >= 4 is 27.8 Å². The predicted molar refractivity (Wildman–Crippen MR) is 96.6 cm³/mol. The summed E-state index contributed by atoms with van der Waals surface area (Å²) in [6.07, 6.45) is 7.32. The van der Waals surface area contributed by atoms with E-state index in [0.717, 1.165) is 58.8 Å². The van der Waals surface area contributed by atoms with Crippen LogP contribution in [0.4, 0.5) is 5.69 Å². The Morgan fingerprint density at radius 3 is 3.16 bits per heavy atom. The average molecular weight is 334 g/mol. The Balaban J connectivity index is 1.73. The fourth-order valence-electron chi connectivity index (χ4n) is 3.54. The summed E-state index contributed by atoms with van der Waals surface area (Å²) in [7, 11) is 0. The Labute approximate surface area is 144 Å². The molecule has 1 fully saturated rings. The van der Waals surface area contributed by atoms with Crippen LogP contribution in [0.1, 0.15) is 6.92 Å². The number of fused-ring (bicyclic) bond motifs is 2. The van der Waals surface area contributed by atoms with Crippen LogP contribution in [0, 0.1) is 0 Å². The third kappa shape index (κ3) is 2.27. The summed E-state index contributed by atoms with van der Waals surface area (Å²) >= 11 is 0. The first-order chi connectivity index (χ1) is 12.3. The molecule has 5 heterocycles. The van der Waals surface area contributed by atoms with Gasteiger partial charge in [-0.15, -0.1) is 0 Å². The summed E-state index contributed by atoms with van der Waals surface area (Å²) in [6.45, 7) is 4.48. The maximum absolute atomic E-state index is 5.59. The quantitative estimate of drug-likeness (QED) is 0.589. The van der Waals surface area contributed by atoms with Crippen molar-refractivity contribution in [2.45, 2.75) is 13.0 Å². The lowest BCUT2D eigenvalue weighted by molar-refractivity contribution is 0.0991. The lowest BCUT2D eigenvalue weighted by Gasteiger charge is -2.35. The van der Waals surface area contributed by atoms with E-state index in [1.54, 1.807) is 6.33 Å². The van der Waals surface area contributed by atoms with E-state index in [9.17, 15) is 0 Å². The van der Waals surface area contributed by atoms with Gasteiger partial charge in [0, 0.05) is 35.9 Å². The Morgan fingerprint density at radius 2 is 2.24 bits per heavy atom. The van der Waals surface area contributed by atoms with Crippen molar-refractivity contribution in [1.82, 2.24) is 24.9 Å². The molecule has 0 saturated carbocycles. The van der Waals surface area contributed by atoms with E-state index in [1.807, 2.05) is 18.6 Å². The first kappa shape index (κ1) is 14.4. The molecule has 4 aromatic heterocycles. The van der Waals surface area contributed by atoms with Crippen molar-refractivity contribution in [3.05, 3.63) is 37.1 Å². The minimum Gasteiger partial charge on any atom is -0.377 e. The lowest BCUT2D eigenvalue weighted by atomic mass is 10.1. The van der Waals surface area contributed by atoms with Crippen LogP contribution in [-0.2, 0) is 4.74 Å². The van der Waals surface area contributed by atoms with Gasteiger partial charge in [-0.1, -0.05) is 0 Å². The van der Waals surface area contributed by atoms with Crippen LogP contribution < -0.4 is 4.90 Å². The van der Waals surface area contributed by atoms with Crippen LogP contribution in [0.5, 0.6) is 0 Å².